The summed E-state index contributed by atoms with van der Waals surface area (Å²) in [6.45, 7) is 8.96. The number of hydrazine groups is 1. The first-order chi connectivity index (χ1) is 18.1. The van der Waals surface area contributed by atoms with E-state index in [-0.39, 0.29) is 24.3 Å². The van der Waals surface area contributed by atoms with Crippen LogP contribution in [0.25, 0.3) is 0 Å². The van der Waals surface area contributed by atoms with Crippen molar-refractivity contribution >= 4 is 5.91 Å². The van der Waals surface area contributed by atoms with Crippen LogP contribution in [0.1, 0.15) is 39.0 Å². The van der Waals surface area contributed by atoms with Gasteiger partial charge in [0.1, 0.15) is 18.0 Å². The highest BCUT2D eigenvalue weighted by molar-refractivity contribution is 5.87. The number of ether oxygens (including phenoxy) is 1. The molecule has 0 aromatic rings. The molecular formula is C27H42N8O2. The van der Waals surface area contributed by atoms with E-state index in [0.717, 1.165) is 51.2 Å². The lowest BCUT2D eigenvalue weighted by Crippen LogP contribution is -2.73. The summed E-state index contributed by atoms with van der Waals surface area (Å²) in [6.07, 6.45) is 16.0. The zero-order chi connectivity index (χ0) is 25.4. The van der Waals surface area contributed by atoms with Crippen LogP contribution in [0, 0.1) is 5.92 Å². The van der Waals surface area contributed by atoms with Gasteiger partial charge in [0.2, 0.25) is 5.91 Å². The first kappa shape index (κ1) is 25.1. The molecule has 202 valence electrons. The van der Waals surface area contributed by atoms with E-state index >= 15 is 0 Å². The molecule has 0 aromatic carbocycles. The first-order valence-electron chi connectivity index (χ1n) is 14.0. The highest BCUT2D eigenvalue weighted by Gasteiger charge is 2.41. The predicted octanol–water partition coefficient (Wildman–Crippen LogP) is 0.175. The van der Waals surface area contributed by atoms with Crippen molar-refractivity contribution in [2.75, 3.05) is 26.4 Å². The number of allylic oxidation sites excluding steroid dienone is 1. The molecule has 1 saturated carbocycles. The Morgan fingerprint density at radius 3 is 2.97 bits per heavy atom. The highest BCUT2D eigenvalue weighted by Crippen LogP contribution is 2.31. The largest absolute Gasteiger partial charge is 0.490 e. The number of hydrogen-bond acceptors (Lipinski definition) is 9. The molecule has 0 aromatic heterocycles. The fourth-order valence-corrected chi connectivity index (χ4v) is 6.81. The fraction of sp³-hybridized carbons (Fsp3) is 0.667. The quantitative estimate of drug-likeness (QED) is 0.221. The number of rotatable bonds is 6. The summed E-state index contributed by atoms with van der Waals surface area (Å²) in [5, 5.41) is 20.7. The lowest BCUT2D eigenvalue weighted by Gasteiger charge is -2.48. The van der Waals surface area contributed by atoms with E-state index in [9.17, 15) is 4.79 Å². The van der Waals surface area contributed by atoms with Crippen molar-refractivity contribution in [2.45, 2.75) is 81.6 Å². The Hall–Kier alpha value is -2.21. The summed E-state index contributed by atoms with van der Waals surface area (Å²) in [5.74, 6) is 1.46. The zero-order valence-electron chi connectivity index (χ0n) is 21.8. The Kier molecular flexibility index (Phi) is 7.38. The van der Waals surface area contributed by atoms with Crippen molar-refractivity contribution < 1.29 is 9.53 Å². The standard InChI is InChI=1S/C27H42N8O2/c1-3-25(36)34-10-8-18(14-34)21-5-6-22-26(33-21)27(30-15-28-22)32-19-4-7-23(17(2)12-19)37-20-9-11-35-24(13-20)29-16-31-35/h3,8-9,11,13,17,19,21-24,26-33H,1,4-7,10,12,14-16H2,2H3. The summed E-state index contributed by atoms with van der Waals surface area (Å²) in [6, 6.07) is 1.53. The predicted molar refractivity (Wildman–Crippen MR) is 142 cm³/mol. The molecule has 5 aliphatic heterocycles. The molecule has 0 spiro atoms. The second-order valence-electron chi connectivity index (χ2n) is 11.3. The van der Waals surface area contributed by atoms with Gasteiger partial charge in [-0.3, -0.25) is 31.1 Å². The van der Waals surface area contributed by atoms with Crippen LogP contribution < -0.4 is 32.0 Å². The summed E-state index contributed by atoms with van der Waals surface area (Å²) in [4.78, 5) is 13.9. The minimum Gasteiger partial charge on any atom is -0.490 e. The molecule has 0 radical (unpaired) electrons. The molecule has 3 saturated heterocycles. The minimum absolute atomic E-state index is 0.0131. The summed E-state index contributed by atoms with van der Waals surface area (Å²) >= 11 is 0. The third kappa shape index (κ3) is 5.36. The maximum absolute atomic E-state index is 12.1. The van der Waals surface area contributed by atoms with Crippen molar-refractivity contribution in [2.24, 2.45) is 5.92 Å². The summed E-state index contributed by atoms with van der Waals surface area (Å²) < 4.78 is 6.46. The second kappa shape index (κ2) is 10.9. The number of nitrogens with one attached hydrogen (secondary N) is 6. The van der Waals surface area contributed by atoms with E-state index in [1.165, 1.54) is 11.6 Å². The van der Waals surface area contributed by atoms with Gasteiger partial charge in [0.15, 0.2) is 0 Å². The maximum Gasteiger partial charge on any atom is 0.246 e. The number of nitrogens with zero attached hydrogens (tertiary/aromatic N) is 2. The molecule has 37 heavy (non-hydrogen) atoms. The van der Waals surface area contributed by atoms with Crippen LogP contribution in [0.4, 0.5) is 0 Å². The van der Waals surface area contributed by atoms with Crippen LogP contribution in [-0.4, -0.2) is 84.8 Å². The molecule has 10 nitrogen and oxygen atoms in total. The average molecular weight is 511 g/mol. The number of carbonyl (C=O) groups is 1. The van der Waals surface area contributed by atoms with Gasteiger partial charge in [-0.1, -0.05) is 19.6 Å². The number of piperidine rings is 1. The van der Waals surface area contributed by atoms with Crippen LogP contribution in [0.15, 0.2) is 48.4 Å². The lowest BCUT2D eigenvalue weighted by atomic mass is 9.83. The first-order valence-corrected chi connectivity index (χ1v) is 14.0. The van der Waals surface area contributed by atoms with Gasteiger partial charge in [0.05, 0.1) is 18.9 Å². The van der Waals surface area contributed by atoms with E-state index in [2.05, 4.69) is 74.9 Å². The number of hydrogen-bond donors (Lipinski definition) is 6. The highest BCUT2D eigenvalue weighted by atomic mass is 16.5. The molecule has 6 N–H and O–H groups in total. The normalized spacial score (nSPS) is 39.5. The molecule has 10 heteroatoms. The van der Waals surface area contributed by atoms with Crippen molar-refractivity contribution in [1.82, 2.24) is 41.9 Å². The molecule has 5 heterocycles. The number of fused-ring (bicyclic) bond motifs is 2. The molecule has 1 amide bonds. The van der Waals surface area contributed by atoms with Gasteiger partial charge in [-0.15, -0.1) is 0 Å². The smallest absolute Gasteiger partial charge is 0.246 e. The Morgan fingerprint density at radius 1 is 1.19 bits per heavy atom. The van der Waals surface area contributed by atoms with Crippen molar-refractivity contribution in [1.29, 1.82) is 0 Å². The Morgan fingerprint density at radius 2 is 2.11 bits per heavy atom. The van der Waals surface area contributed by atoms with Crippen LogP contribution in [0.2, 0.25) is 0 Å². The Bertz CT molecular complexity index is 966. The molecular weight excluding hydrogens is 468 g/mol. The van der Waals surface area contributed by atoms with Crippen LogP contribution in [0.5, 0.6) is 0 Å². The van der Waals surface area contributed by atoms with Gasteiger partial charge in [-0.25, -0.2) is 5.43 Å². The lowest BCUT2D eigenvalue weighted by molar-refractivity contribution is -0.124. The summed E-state index contributed by atoms with van der Waals surface area (Å²) in [7, 11) is 0. The average Bonchev–Trinajstić information content (AvgIpc) is 3.60. The monoisotopic (exact) mass is 510 g/mol. The van der Waals surface area contributed by atoms with Crippen LogP contribution in [-0.2, 0) is 9.53 Å². The third-order valence-corrected chi connectivity index (χ3v) is 8.91. The summed E-state index contributed by atoms with van der Waals surface area (Å²) in [5.41, 5.74) is 4.61. The van der Waals surface area contributed by atoms with Crippen molar-refractivity contribution in [3.05, 3.63) is 48.4 Å². The SMILES string of the molecule is C=CC(=O)N1CC=C(C2CCC3NCNC(NC4CCC(OC5=CC6NCNN6C=C5)C(C)C4)C3N2)C1. The van der Waals surface area contributed by atoms with E-state index in [4.69, 9.17) is 4.74 Å². The maximum atomic E-state index is 12.1. The van der Waals surface area contributed by atoms with Gasteiger partial charge in [0.25, 0.3) is 0 Å². The van der Waals surface area contributed by atoms with E-state index in [1.807, 2.05) is 4.90 Å². The molecule has 1 aliphatic carbocycles. The molecule has 4 fully saturated rings. The van der Waals surface area contributed by atoms with E-state index < -0.39 is 0 Å². The van der Waals surface area contributed by atoms with E-state index in [1.54, 1.807) is 0 Å². The van der Waals surface area contributed by atoms with Gasteiger partial charge < -0.3 is 15.0 Å². The Balaban J connectivity index is 1.02. The molecule has 8 unspecified atom stereocenters. The van der Waals surface area contributed by atoms with Crippen LogP contribution in [0.3, 0.4) is 0 Å². The minimum atomic E-state index is 0.0131. The van der Waals surface area contributed by atoms with Gasteiger partial charge in [0, 0.05) is 44.1 Å². The van der Waals surface area contributed by atoms with Crippen molar-refractivity contribution in [3.63, 3.8) is 0 Å². The third-order valence-electron chi connectivity index (χ3n) is 8.91. The molecule has 6 rings (SSSR count). The molecule has 0 bridgehead atoms. The molecule has 6 aliphatic rings. The van der Waals surface area contributed by atoms with Crippen molar-refractivity contribution in [3.8, 4) is 0 Å². The fourth-order valence-electron chi connectivity index (χ4n) is 6.81. The molecule has 8 atom stereocenters. The Labute approximate surface area is 219 Å². The topological polar surface area (TPSA) is 105 Å². The second-order valence-corrected chi connectivity index (χ2v) is 11.3. The van der Waals surface area contributed by atoms with Gasteiger partial charge in [-0.05, 0) is 61.8 Å². The van der Waals surface area contributed by atoms with Gasteiger partial charge in [-0.2, -0.15) is 0 Å². The van der Waals surface area contributed by atoms with Crippen LogP contribution >= 0.6 is 0 Å². The number of carbonyl (C=O) groups excluding carboxylic acids is 1. The van der Waals surface area contributed by atoms with Gasteiger partial charge >= 0.3 is 0 Å². The van der Waals surface area contributed by atoms with E-state index in [0.29, 0.717) is 43.2 Å². The zero-order valence-corrected chi connectivity index (χ0v) is 21.8. The number of amides is 1.